The highest BCUT2D eigenvalue weighted by Crippen LogP contribution is 2.24. The molecule has 0 saturated carbocycles. The summed E-state index contributed by atoms with van der Waals surface area (Å²) in [7, 11) is 0. The highest BCUT2D eigenvalue weighted by Gasteiger charge is 2.09. The monoisotopic (exact) mass is 248 g/mol. The fraction of sp³-hybridized carbons (Fsp3) is 0.125. The summed E-state index contributed by atoms with van der Waals surface area (Å²) in [5.41, 5.74) is 0.995. The van der Waals surface area contributed by atoms with Gasteiger partial charge in [-0.05, 0) is 24.6 Å². The molecule has 0 aliphatic rings. The highest BCUT2D eigenvalue weighted by atomic mass is 79.9. The van der Waals surface area contributed by atoms with Crippen molar-refractivity contribution in [3.05, 3.63) is 32.8 Å². The van der Waals surface area contributed by atoms with Gasteiger partial charge in [-0.3, -0.25) is 0 Å². The van der Waals surface area contributed by atoms with E-state index in [0.29, 0.717) is 0 Å². The first-order valence-electron chi connectivity index (χ1n) is 3.21. The van der Waals surface area contributed by atoms with Gasteiger partial charge >= 0.3 is 5.97 Å². The van der Waals surface area contributed by atoms with Gasteiger partial charge in [0, 0.05) is 4.47 Å². The first kappa shape index (κ1) is 9.55. The summed E-state index contributed by atoms with van der Waals surface area (Å²) in [6, 6.07) is 3.12. The second kappa shape index (κ2) is 3.46. The average molecular weight is 249 g/mol. The van der Waals surface area contributed by atoms with E-state index in [1.54, 1.807) is 6.07 Å². The minimum atomic E-state index is -1.00. The van der Waals surface area contributed by atoms with Crippen LogP contribution in [-0.2, 0) is 0 Å². The third-order valence-corrected chi connectivity index (χ3v) is 2.65. The molecule has 12 heavy (non-hydrogen) atoms. The van der Waals surface area contributed by atoms with E-state index in [1.807, 2.05) is 6.92 Å². The van der Waals surface area contributed by atoms with Crippen LogP contribution in [0.3, 0.4) is 0 Å². The van der Waals surface area contributed by atoms with Gasteiger partial charge in [0.05, 0.1) is 10.6 Å². The van der Waals surface area contributed by atoms with E-state index in [0.717, 1.165) is 10.0 Å². The lowest BCUT2D eigenvalue weighted by molar-refractivity contribution is 0.0697. The van der Waals surface area contributed by atoms with Gasteiger partial charge in [0.25, 0.3) is 0 Å². The Morgan fingerprint density at radius 3 is 2.67 bits per heavy atom. The van der Waals surface area contributed by atoms with E-state index >= 15 is 0 Å². The molecule has 0 saturated heterocycles. The Hall–Kier alpha value is -0.540. The standard InChI is InChI=1S/C8H6BrClO2/c1-4-2-5(8(11)12)7(10)3-6(4)9/h2-3H,1H3,(H,11,12). The number of hydrogen-bond acceptors (Lipinski definition) is 1. The number of carboxylic acids is 1. The van der Waals surface area contributed by atoms with Crippen LogP contribution in [0.5, 0.6) is 0 Å². The van der Waals surface area contributed by atoms with E-state index < -0.39 is 5.97 Å². The highest BCUT2D eigenvalue weighted by molar-refractivity contribution is 9.10. The quantitative estimate of drug-likeness (QED) is 0.830. The Morgan fingerprint density at radius 1 is 1.58 bits per heavy atom. The zero-order valence-corrected chi connectivity index (χ0v) is 8.61. The zero-order chi connectivity index (χ0) is 9.30. The lowest BCUT2D eigenvalue weighted by Crippen LogP contribution is -1.98. The van der Waals surface area contributed by atoms with Crippen molar-refractivity contribution in [1.82, 2.24) is 0 Å². The molecule has 1 aromatic rings. The van der Waals surface area contributed by atoms with Crippen LogP contribution >= 0.6 is 27.5 Å². The maximum Gasteiger partial charge on any atom is 0.337 e. The second-order valence-corrected chi connectivity index (χ2v) is 3.65. The summed E-state index contributed by atoms with van der Waals surface area (Å²) in [5, 5.41) is 8.93. The molecule has 0 aliphatic carbocycles. The molecule has 0 unspecified atom stereocenters. The molecular formula is C8H6BrClO2. The smallest absolute Gasteiger partial charge is 0.337 e. The third-order valence-electron chi connectivity index (χ3n) is 1.48. The van der Waals surface area contributed by atoms with Gasteiger partial charge in [-0.2, -0.15) is 0 Å². The van der Waals surface area contributed by atoms with Crippen molar-refractivity contribution < 1.29 is 9.90 Å². The van der Waals surface area contributed by atoms with Crippen molar-refractivity contribution >= 4 is 33.5 Å². The molecule has 1 aromatic carbocycles. The summed E-state index contributed by atoms with van der Waals surface area (Å²) in [5.74, 6) is -1.00. The van der Waals surface area contributed by atoms with Crippen molar-refractivity contribution in [2.75, 3.05) is 0 Å². The lowest BCUT2D eigenvalue weighted by atomic mass is 10.1. The third kappa shape index (κ3) is 1.79. The topological polar surface area (TPSA) is 37.3 Å². The number of hydrogen-bond donors (Lipinski definition) is 1. The Labute approximate surface area is 83.3 Å². The molecule has 0 bridgehead atoms. The molecule has 0 heterocycles. The van der Waals surface area contributed by atoms with Gasteiger partial charge in [0.1, 0.15) is 0 Å². The predicted molar refractivity (Wildman–Crippen MR) is 50.8 cm³/mol. The van der Waals surface area contributed by atoms with E-state index in [-0.39, 0.29) is 10.6 Å². The predicted octanol–water partition coefficient (Wildman–Crippen LogP) is 3.11. The number of benzene rings is 1. The van der Waals surface area contributed by atoms with Crippen LogP contribution in [-0.4, -0.2) is 11.1 Å². The Bertz CT molecular complexity index is 336. The number of rotatable bonds is 1. The normalized spacial score (nSPS) is 9.92. The molecule has 1 N–H and O–H groups in total. The maximum atomic E-state index is 10.6. The summed E-state index contributed by atoms with van der Waals surface area (Å²) < 4.78 is 0.817. The number of aromatic carboxylic acids is 1. The molecule has 0 aliphatic heterocycles. The minimum absolute atomic E-state index is 0.136. The van der Waals surface area contributed by atoms with Crippen LogP contribution in [0.2, 0.25) is 5.02 Å². The van der Waals surface area contributed by atoms with Crippen molar-refractivity contribution in [2.45, 2.75) is 6.92 Å². The minimum Gasteiger partial charge on any atom is -0.478 e. The molecule has 1 rings (SSSR count). The van der Waals surface area contributed by atoms with Crippen LogP contribution in [0.4, 0.5) is 0 Å². The second-order valence-electron chi connectivity index (χ2n) is 2.39. The molecule has 0 radical (unpaired) electrons. The maximum absolute atomic E-state index is 10.6. The Morgan fingerprint density at radius 2 is 2.17 bits per heavy atom. The van der Waals surface area contributed by atoms with E-state index in [4.69, 9.17) is 16.7 Å². The SMILES string of the molecule is Cc1cc(C(=O)O)c(Cl)cc1Br. The molecule has 0 spiro atoms. The zero-order valence-electron chi connectivity index (χ0n) is 6.27. The van der Waals surface area contributed by atoms with Crippen LogP contribution in [0.15, 0.2) is 16.6 Å². The van der Waals surface area contributed by atoms with E-state index in [2.05, 4.69) is 15.9 Å². The average Bonchev–Trinajstić information content (AvgIpc) is 1.96. The lowest BCUT2D eigenvalue weighted by Gasteiger charge is -2.02. The summed E-state index contributed by atoms with van der Waals surface area (Å²) in [6.45, 7) is 1.81. The van der Waals surface area contributed by atoms with Crippen molar-refractivity contribution in [1.29, 1.82) is 0 Å². The van der Waals surface area contributed by atoms with Crippen LogP contribution in [0.25, 0.3) is 0 Å². The number of carbonyl (C=O) groups is 1. The van der Waals surface area contributed by atoms with E-state index in [1.165, 1.54) is 6.07 Å². The van der Waals surface area contributed by atoms with Crippen molar-refractivity contribution in [3.8, 4) is 0 Å². The van der Waals surface area contributed by atoms with E-state index in [9.17, 15) is 4.79 Å². The van der Waals surface area contributed by atoms with Crippen LogP contribution in [0, 0.1) is 6.92 Å². The molecule has 64 valence electrons. The van der Waals surface area contributed by atoms with Crippen molar-refractivity contribution in [2.24, 2.45) is 0 Å². The van der Waals surface area contributed by atoms with Gasteiger partial charge < -0.3 is 5.11 Å². The number of carboxylic acid groups (broad SMARTS) is 1. The van der Waals surface area contributed by atoms with Gasteiger partial charge in [0.2, 0.25) is 0 Å². The molecule has 0 amide bonds. The summed E-state index contributed by atoms with van der Waals surface area (Å²) >= 11 is 8.94. The first-order chi connectivity index (χ1) is 5.52. The number of aryl methyl sites for hydroxylation is 1. The van der Waals surface area contributed by atoms with Gasteiger partial charge in [-0.1, -0.05) is 27.5 Å². The molecule has 0 atom stereocenters. The molecule has 0 fully saturated rings. The van der Waals surface area contributed by atoms with Gasteiger partial charge in [-0.15, -0.1) is 0 Å². The molecule has 4 heteroatoms. The largest absolute Gasteiger partial charge is 0.478 e. The van der Waals surface area contributed by atoms with Gasteiger partial charge in [-0.25, -0.2) is 4.79 Å². The molecule has 0 aromatic heterocycles. The summed E-state index contributed by atoms with van der Waals surface area (Å²) in [6.07, 6.45) is 0. The fourth-order valence-electron chi connectivity index (χ4n) is 0.821. The Kier molecular flexibility index (Phi) is 2.75. The first-order valence-corrected chi connectivity index (χ1v) is 4.38. The van der Waals surface area contributed by atoms with Crippen LogP contribution < -0.4 is 0 Å². The number of halogens is 2. The summed E-state index contributed by atoms with van der Waals surface area (Å²) in [4.78, 5) is 10.6. The van der Waals surface area contributed by atoms with Crippen molar-refractivity contribution in [3.63, 3.8) is 0 Å². The van der Waals surface area contributed by atoms with Crippen LogP contribution in [0.1, 0.15) is 15.9 Å². The molecular weight excluding hydrogens is 243 g/mol. The molecule has 2 nitrogen and oxygen atoms in total. The Balaban J connectivity index is 3.33. The fourth-order valence-corrected chi connectivity index (χ4v) is 1.54. The van der Waals surface area contributed by atoms with Gasteiger partial charge in [0.15, 0.2) is 0 Å².